The second kappa shape index (κ2) is 11.3. The predicted octanol–water partition coefficient (Wildman–Crippen LogP) is 2.61. The van der Waals surface area contributed by atoms with Crippen molar-refractivity contribution in [3.63, 3.8) is 0 Å². The third-order valence-electron chi connectivity index (χ3n) is 5.28. The van der Waals surface area contributed by atoms with Crippen LogP contribution in [0.5, 0.6) is 11.5 Å². The number of nitrogens with zero attached hydrogens (tertiary/aromatic N) is 2. The fourth-order valence-corrected chi connectivity index (χ4v) is 3.90. The third kappa shape index (κ3) is 6.18. The van der Waals surface area contributed by atoms with Crippen LogP contribution in [0.3, 0.4) is 0 Å². The molecule has 2 atom stereocenters. The summed E-state index contributed by atoms with van der Waals surface area (Å²) >= 11 is 0. The Kier molecular flexibility index (Phi) is 8.50. The highest BCUT2D eigenvalue weighted by Gasteiger charge is 2.32. The molecule has 2 aliphatic heterocycles. The van der Waals surface area contributed by atoms with Gasteiger partial charge in [-0.05, 0) is 39.3 Å². The van der Waals surface area contributed by atoms with E-state index < -0.39 is 6.61 Å². The van der Waals surface area contributed by atoms with Gasteiger partial charge in [0.2, 0.25) is 0 Å². The first-order valence-electron chi connectivity index (χ1n) is 10.7. The van der Waals surface area contributed by atoms with Crippen LogP contribution in [-0.4, -0.2) is 69.0 Å². The van der Waals surface area contributed by atoms with Crippen LogP contribution in [0.1, 0.15) is 32.3 Å². The van der Waals surface area contributed by atoms with Crippen molar-refractivity contribution in [3.8, 4) is 11.5 Å². The molecule has 0 aromatic heterocycles. The summed E-state index contributed by atoms with van der Waals surface area (Å²) in [6, 6.07) is 5.64. The van der Waals surface area contributed by atoms with Crippen LogP contribution < -0.4 is 20.1 Å². The maximum Gasteiger partial charge on any atom is 0.387 e. The summed E-state index contributed by atoms with van der Waals surface area (Å²) in [7, 11) is 0. The average Bonchev–Trinajstić information content (AvgIpc) is 3.19. The quantitative estimate of drug-likeness (QED) is 0.467. The fourth-order valence-electron chi connectivity index (χ4n) is 3.90. The van der Waals surface area contributed by atoms with Gasteiger partial charge in [-0.3, -0.25) is 4.90 Å². The minimum Gasteiger partial charge on any atom is -0.490 e. The first-order chi connectivity index (χ1) is 14.6. The van der Waals surface area contributed by atoms with Crippen LogP contribution in [0.4, 0.5) is 8.78 Å². The van der Waals surface area contributed by atoms with Crippen molar-refractivity contribution in [1.82, 2.24) is 15.5 Å². The summed E-state index contributed by atoms with van der Waals surface area (Å²) in [6.07, 6.45) is 2.55. The molecule has 2 unspecified atom stereocenters. The summed E-state index contributed by atoms with van der Waals surface area (Å²) in [6.45, 7) is 5.53. The van der Waals surface area contributed by atoms with Crippen molar-refractivity contribution in [3.05, 3.63) is 23.8 Å². The molecule has 9 heteroatoms. The van der Waals surface area contributed by atoms with Crippen molar-refractivity contribution in [2.24, 2.45) is 4.99 Å². The van der Waals surface area contributed by atoms with Crippen molar-refractivity contribution in [2.75, 3.05) is 39.4 Å². The Bertz CT molecular complexity index is 705. The lowest BCUT2D eigenvalue weighted by Crippen LogP contribution is -2.51. The normalized spacial score (nSPS) is 22.1. The second-order valence-electron chi connectivity index (χ2n) is 7.38. The van der Waals surface area contributed by atoms with Gasteiger partial charge in [0.05, 0.1) is 25.9 Å². The Balaban J connectivity index is 1.63. The van der Waals surface area contributed by atoms with Gasteiger partial charge in [0.25, 0.3) is 0 Å². The van der Waals surface area contributed by atoms with E-state index in [1.54, 1.807) is 25.1 Å². The monoisotopic (exact) mass is 426 g/mol. The van der Waals surface area contributed by atoms with Gasteiger partial charge in [-0.25, -0.2) is 4.99 Å². The molecule has 2 N–H and O–H groups in total. The Morgan fingerprint density at radius 2 is 2.20 bits per heavy atom. The number of aliphatic imine (C=N–C) groups is 1. The number of ether oxygens (including phenoxy) is 3. The largest absolute Gasteiger partial charge is 0.490 e. The number of fused-ring (bicyclic) bond motifs is 1. The van der Waals surface area contributed by atoms with Gasteiger partial charge in [-0.15, -0.1) is 0 Å². The number of alkyl halides is 2. The maximum absolute atomic E-state index is 12.9. The van der Waals surface area contributed by atoms with Gasteiger partial charge < -0.3 is 24.8 Å². The summed E-state index contributed by atoms with van der Waals surface area (Å²) in [5.41, 5.74) is 0.535. The van der Waals surface area contributed by atoms with Gasteiger partial charge in [-0.1, -0.05) is 12.1 Å². The van der Waals surface area contributed by atoms with Crippen LogP contribution in [0, 0.1) is 0 Å². The minimum atomic E-state index is -2.93. The number of nitrogens with one attached hydrogen (secondary N) is 2. The molecule has 2 aliphatic rings. The molecule has 1 aromatic rings. The fraction of sp³-hybridized carbons (Fsp3) is 0.667. The topological polar surface area (TPSA) is 67.4 Å². The first-order valence-corrected chi connectivity index (χ1v) is 10.7. The number of benzene rings is 1. The van der Waals surface area contributed by atoms with Crippen molar-refractivity contribution < 1.29 is 23.0 Å². The third-order valence-corrected chi connectivity index (χ3v) is 5.28. The number of guanidine groups is 1. The number of hydrogen-bond acceptors (Lipinski definition) is 5. The summed E-state index contributed by atoms with van der Waals surface area (Å²) in [5.74, 6) is 0.929. The highest BCUT2D eigenvalue weighted by molar-refractivity contribution is 5.79. The van der Waals surface area contributed by atoms with Crippen LogP contribution in [-0.2, 0) is 11.3 Å². The molecule has 2 fully saturated rings. The van der Waals surface area contributed by atoms with Crippen LogP contribution in [0.15, 0.2) is 23.2 Å². The van der Waals surface area contributed by atoms with Gasteiger partial charge in [-0.2, -0.15) is 8.78 Å². The molecule has 2 saturated heterocycles. The number of rotatable bonds is 9. The molecule has 0 amide bonds. The van der Waals surface area contributed by atoms with E-state index >= 15 is 0 Å². The van der Waals surface area contributed by atoms with E-state index in [9.17, 15) is 8.78 Å². The van der Waals surface area contributed by atoms with Crippen molar-refractivity contribution in [2.45, 2.75) is 52.0 Å². The highest BCUT2D eigenvalue weighted by atomic mass is 19.3. The SMILES string of the molecule is CCNC(=NCc1cccc(OCC)c1OC(F)F)NCC1CN2CCCC2CO1. The molecule has 3 rings (SSSR count). The van der Waals surface area contributed by atoms with E-state index in [0.29, 0.717) is 43.0 Å². The average molecular weight is 427 g/mol. The van der Waals surface area contributed by atoms with Crippen LogP contribution in [0.25, 0.3) is 0 Å². The minimum absolute atomic E-state index is 0.0321. The number of halogens is 2. The molecule has 2 heterocycles. The molecule has 0 saturated carbocycles. The lowest BCUT2D eigenvalue weighted by atomic mass is 10.2. The Morgan fingerprint density at radius 3 is 2.97 bits per heavy atom. The van der Waals surface area contributed by atoms with Crippen molar-refractivity contribution >= 4 is 5.96 Å². The van der Waals surface area contributed by atoms with Crippen LogP contribution >= 0.6 is 0 Å². The molecule has 1 aromatic carbocycles. The van der Waals surface area contributed by atoms with Gasteiger partial charge >= 0.3 is 6.61 Å². The van der Waals surface area contributed by atoms with Gasteiger partial charge in [0, 0.05) is 31.2 Å². The standard InChI is InChI=1S/C21H32F2N4O3/c1-3-24-21(26-12-17-13-27-10-6-8-16(27)14-29-17)25-11-15-7-5-9-18(28-4-2)19(15)30-20(22)23/h5,7,9,16-17,20H,3-4,6,8,10-14H2,1-2H3,(H2,24,25,26). The molecule has 0 radical (unpaired) electrons. The molecular weight excluding hydrogens is 394 g/mol. The van der Waals surface area contributed by atoms with E-state index in [2.05, 4.69) is 20.5 Å². The molecular formula is C21H32F2N4O3. The zero-order valence-corrected chi connectivity index (χ0v) is 17.7. The molecule has 30 heavy (non-hydrogen) atoms. The summed E-state index contributed by atoms with van der Waals surface area (Å²) < 4.78 is 41.9. The first kappa shape index (κ1) is 22.6. The van der Waals surface area contributed by atoms with Gasteiger partial charge in [0.15, 0.2) is 17.5 Å². The maximum atomic E-state index is 12.9. The Hall–Kier alpha value is -2.13. The lowest BCUT2D eigenvalue weighted by Gasteiger charge is -2.35. The summed E-state index contributed by atoms with van der Waals surface area (Å²) in [4.78, 5) is 7.04. The second-order valence-corrected chi connectivity index (χ2v) is 7.38. The number of hydrogen-bond donors (Lipinski definition) is 2. The zero-order valence-electron chi connectivity index (χ0n) is 17.7. The lowest BCUT2D eigenvalue weighted by molar-refractivity contribution is -0.0520. The Labute approximate surface area is 176 Å². The van der Waals surface area contributed by atoms with Crippen LogP contribution in [0.2, 0.25) is 0 Å². The van der Waals surface area contributed by atoms with E-state index in [1.165, 1.54) is 12.8 Å². The summed E-state index contributed by atoms with van der Waals surface area (Å²) in [5, 5.41) is 6.50. The molecule has 0 bridgehead atoms. The molecule has 0 aliphatic carbocycles. The highest BCUT2D eigenvalue weighted by Crippen LogP contribution is 2.33. The molecule has 168 valence electrons. The predicted molar refractivity (Wildman–Crippen MR) is 111 cm³/mol. The molecule has 0 spiro atoms. The number of morpholine rings is 1. The Morgan fingerprint density at radius 1 is 1.33 bits per heavy atom. The zero-order chi connectivity index (χ0) is 21.3. The van der Waals surface area contributed by atoms with E-state index in [4.69, 9.17) is 14.2 Å². The number of para-hydroxylation sites is 1. The van der Waals surface area contributed by atoms with E-state index in [-0.39, 0.29) is 18.4 Å². The van der Waals surface area contributed by atoms with Crippen molar-refractivity contribution in [1.29, 1.82) is 0 Å². The van der Waals surface area contributed by atoms with E-state index in [1.807, 2.05) is 6.92 Å². The smallest absolute Gasteiger partial charge is 0.387 e. The van der Waals surface area contributed by atoms with Gasteiger partial charge in [0.1, 0.15) is 0 Å². The van der Waals surface area contributed by atoms with E-state index in [0.717, 1.165) is 19.7 Å². The molecule has 7 nitrogen and oxygen atoms in total.